The Kier molecular flexibility index (Phi) is 3.83. The van der Waals surface area contributed by atoms with Crippen LogP contribution in [0.2, 0.25) is 0 Å². The van der Waals surface area contributed by atoms with Gasteiger partial charge in [-0.15, -0.1) is 0 Å². The Hall–Kier alpha value is -1.35. The Morgan fingerprint density at radius 1 is 1.21 bits per heavy atom. The van der Waals surface area contributed by atoms with Gasteiger partial charge in [0.1, 0.15) is 0 Å². The summed E-state index contributed by atoms with van der Waals surface area (Å²) < 4.78 is 0. The van der Waals surface area contributed by atoms with E-state index >= 15 is 0 Å². The third kappa shape index (κ3) is 3.16. The third-order valence-corrected chi connectivity index (χ3v) is 4.49. The molecule has 1 aliphatic heterocycles. The van der Waals surface area contributed by atoms with E-state index < -0.39 is 0 Å². The van der Waals surface area contributed by atoms with Gasteiger partial charge in [-0.25, -0.2) is 0 Å². The first-order valence-corrected chi connectivity index (χ1v) is 7.34. The molecule has 1 aromatic carbocycles. The first-order chi connectivity index (χ1) is 9.36. The molecule has 2 fully saturated rings. The number of nitrogens with one attached hydrogen (secondary N) is 1. The molecule has 0 unspecified atom stereocenters. The topological polar surface area (TPSA) is 32.3 Å². The predicted octanol–water partition coefficient (Wildman–Crippen LogP) is 2.00. The molecule has 1 aliphatic carbocycles. The fourth-order valence-electron chi connectivity index (χ4n) is 3.07. The Morgan fingerprint density at radius 3 is 2.63 bits per heavy atom. The summed E-state index contributed by atoms with van der Waals surface area (Å²) in [7, 11) is 0. The van der Waals surface area contributed by atoms with E-state index in [0.717, 1.165) is 50.7 Å². The maximum absolute atomic E-state index is 10.7. The number of carbonyl (C=O) groups excluding carboxylic acids is 1. The average molecular weight is 258 g/mol. The van der Waals surface area contributed by atoms with Crippen molar-refractivity contribution in [1.82, 2.24) is 10.2 Å². The van der Waals surface area contributed by atoms with E-state index in [-0.39, 0.29) is 0 Å². The average Bonchev–Trinajstić information content (AvgIpc) is 3.26. The molecule has 1 N–H and O–H groups in total. The van der Waals surface area contributed by atoms with Crippen LogP contribution >= 0.6 is 0 Å². The highest BCUT2D eigenvalue weighted by Crippen LogP contribution is 2.40. The lowest BCUT2D eigenvalue weighted by Gasteiger charge is -2.29. The van der Waals surface area contributed by atoms with Crippen LogP contribution in [0.5, 0.6) is 0 Å². The molecule has 3 rings (SSSR count). The molecule has 19 heavy (non-hydrogen) atoms. The van der Waals surface area contributed by atoms with Gasteiger partial charge in [0.25, 0.3) is 0 Å². The Bertz CT molecular complexity index is 412. The molecular weight excluding hydrogens is 236 g/mol. The second kappa shape index (κ2) is 5.74. The lowest BCUT2D eigenvalue weighted by Crippen LogP contribution is -2.37. The number of benzene rings is 1. The summed E-state index contributed by atoms with van der Waals surface area (Å²) in [6.07, 6.45) is 4.55. The zero-order valence-corrected chi connectivity index (χ0v) is 11.3. The van der Waals surface area contributed by atoms with E-state index in [1.165, 1.54) is 12.0 Å². The summed E-state index contributed by atoms with van der Waals surface area (Å²) >= 11 is 0. The minimum Gasteiger partial charge on any atom is -0.345 e. The van der Waals surface area contributed by atoms with Crippen LogP contribution in [-0.4, -0.2) is 37.0 Å². The van der Waals surface area contributed by atoms with E-state index in [1.807, 2.05) is 4.90 Å². The molecule has 1 heterocycles. The van der Waals surface area contributed by atoms with Crippen molar-refractivity contribution >= 4 is 6.41 Å². The molecule has 0 radical (unpaired) electrons. The first-order valence-electron chi connectivity index (χ1n) is 7.34. The van der Waals surface area contributed by atoms with Crippen LogP contribution in [-0.2, 0) is 4.79 Å². The van der Waals surface area contributed by atoms with E-state index in [9.17, 15) is 4.79 Å². The van der Waals surface area contributed by atoms with Gasteiger partial charge >= 0.3 is 0 Å². The van der Waals surface area contributed by atoms with Crippen LogP contribution in [0.4, 0.5) is 0 Å². The SMILES string of the molecule is O=CN1CCC(CN[C@@H]2C[C@H]2c2ccccc2)CC1. The van der Waals surface area contributed by atoms with Crippen molar-refractivity contribution in [2.24, 2.45) is 5.92 Å². The summed E-state index contributed by atoms with van der Waals surface area (Å²) in [6.45, 7) is 2.98. The monoisotopic (exact) mass is 258 g/mol. The molecule has 1 saturated carbocycles. The highest BCUT2D eigenvalue weighted by molar-refractivity contribution is 5.47. The van der Waals surface area contributed by atoms with Gasteiger partial charge in [-0.2, -0.15) is 0 Å². The second-order valence-electron chi connectivity index (χ2n) is 5.85. The molecule has 3 nitrogen and oxygen atoms in total. The van der Waals surface area contributed by atoms with Gasteiger partial charge < -0.3 is 10.2 Å². The number of rotatable bonds is 5. The van der Waals surface area contributed by atoms with Gasteiger partial charge in [-0.05, 0) is 37.3 Å². The van der Waals surface area contributed by atoms with E-state index in [0.29, 0.717) is 6.04 Å². The minimum absolute atomic E-state index is 0.673. The normalized spacial score (nSPS) is 27.3. The lowest BCUT2D eigenvalue weighted by atomic mass is 9.97. The number of likely N-dealkylation sites (tertiary alicyclic amines) is 1. The molecule has 0 spiro atoms. The van der Waals surface area contributed by atoms with Gasteiger partial charge in [0.05, 0.1) is 0 Å². The number of hydrogen-bond donors (Lipinski definition) is 1. The molecule has 2 atom stereocenters. The lowest BCUT2D eigenvalue weighted by molar-refractivity contribution is -0.119. The van der Waals surface area contributed by atoms with E-state index in [2.05, 4.69) is 35.6 Å². The summed E-state index contributed by atoms with van der Waals surface area (Å²) in [5, 5.41) is 3.70. The number of piperidine rings is 1. The highest BCUT2D eigenvalue weighted by Gasteiger charge is 2.38. The quantitative estimate of drug-likeness (QED) is 0.819. The van der Waals surface area contributed by atoms with Crippen LogP contribution in [0, 0.1) is 5.92 Å². The number of hydrogen-bond acceptors (Lipinski definition) is 2. The summed E-state index contributed by atoms with van der Waals surface area (Å²) in [4.78, 5) is 12.5. The molecule has 1 aromatic rings. The molecule has 0 aromatic heterocycles. The van der Waals surface area contributed by atoms with E-state index in [1.54, 1.807) is 0 Å². The second-order valence-corrected chi connectivity index (χ2v) is 5.85. The summed E-state index contributed by atoms with van der Waals surface area (Å²) in [5.74, 6) is 1.46. The Balaban J connectivity index is 1.39. The van der Waals surface area contributed by atoms with Crippen LogP contribution in [0.25, 0.3) is 0 Å². The number of carbonyl (C=O) groups is 1. The van der Waals surface area contributed by atoms with Crippen LogP contribution in [0.15, 0.2) is 30.3 Å². The maximum atomic E-state index is 10.7. The summed E-state index contributed by atoms with van der Waals surface area (Å²) in [6, 6.07) is 11.5. The Morgan fingerprint density at radius 2 is 1.95 bits per heavy atom. The molecule has 1 amide bonds. The van der Waals surface area contributed by atoms with Crippen molar-refractivity contribution in [3.63, 3.8) is 0 Å². The zero-order chi connectivity index (χ0) is 13.1. The van der Waals surface area contributed by atoms with Crippen LogP contribution in [0.1, 0.15) is 30.7 Å². The number of nitrogens with zero attached hydrogens (tertiary/aromatic N) is 1. The largest absolute Gasteiger partial charge is 0.345 e. The van der Waals surface area contributed by atoms with Gasteiger partial charge in [0.15, 0.2) is 0 Å². The van der Waals surface area contributed by atoms with Gasteiger partial charge in [0, 0.05) is 25.0 Å². The third-order valence-electron chi connectivity index (χ3n) is 4.49. The predicted molar refractivity (Wildman–Crippen MR) is 76.0 cm³/mol. The molecule has 0 bridgehead atoms. The molecule has 1 saturated heterocycles. The van der Waals surface area contributed by atoms with Crippen molar-refractivity contribution in [3.05, 3.63) is 35.9 Å². The first kappa shape index (κ1) is 12.7. The fraction of sp³-hybridized carbons (Fsp3) is 0.562. The Labute approximate surface area is 115 Å². The minimum atomic E-state index is 0.673. The zero-order valence-electron chi connectivity index (χ0n) is 11.3. The standard InChI is InChI=1S/C16H22N2O/c19-12-18-8-6-13(7-9-18)11-17-16-10-15(16)14-4-2-1-3-5-14/h1-5,12-13,15-17H,6-11H2/t15-,16+/m0/s1. The molecule has 102 valence electrons. The summed E-state index contributed by atoms with van der Waals surface area (Å²) in [5.41, 5.74) is 1.47. The van der Waals surface area contributed by atoms with Crippen LogP contribution < -0.4 is 5.32 Å². The molecule has 3 heteroatoms. The van der Waals surface area contributed by atoms with E-state index in [4.69, 9.17) is 0 Å². The van der Waals surface area contributed by atoms with Crippen molar-refractivity contribution in [2.45, 2.75) is 31.2 Å². The molecule has 2 aliphatic rings. The van der Waals surface area contributed by atoms with Gasteiger partial charge in [-0.1, -0.05) is 30.3 Å². The maximum Gasteiger partial charge on any atom is 0.209 e. The molecular formula is C16H22N2O. The smallest absolute Gasteiger partial charge is 0.209 e. The van der Waals surface area contributed by atoms with Crippen molar-refractivity contribution in [3.8, 4) is 0 Å². The van der Waals surface area contributed by atoms with Crippen molar-refractivity contribution < 1.29 is 4.79 Å². The van der Waals surface area contributed by atoms with Crippen molar-refractivity contribution in [2.75, 3.05) is 19.6 Å². The van der Waals surface area contributed by atoms with Gasteiger partial charge in [0.2, 0.25) is 6.41 Å². The van der Waals surface area contributed by atoms with Crippen LogP contribution in [0.3, 0.4) is 0 Å². The highest BCUT2D eigenvalue weighted by atomic mass is 16.1. The van der Waals surface area contributed by atoms with Crippen molar-refractivity contribution in [1.29, 1.82) is 0 Å². The fourth-order valence-corrected chi connectivity index (χ4v) is 3.07. The number of amides is 1. The van der Waals surface area contributed by atoms with Gasteiger partial charge in [-0.3, -0.25) is 4.79 Å².